The number of hydrogen-bond donors (Lipinski definition) is 1. The minimum atomic E-state index is -0.00462. The number of rotatable bonds is 1. The largest absolute Gasteiger partial charge is 0.330 e. The Hall–Kier alpha value is -0.580. The highest BCUT2D eigenvalue weighted by Gasteiger charge is 2.42. The molecule has 1 aromatic carbocycles. The van der Waals surface area contributed by atoms with Crippen LogP contribution in [0.5, 0.6) is 0 Å². The molecule has 21 heavy (non-hydrogen) atoms. The number of carbonyl (C=O) groups excluding carboxylic acids is 1. The lowest BCUT2D eigenvalue weighted by Crippen LogP contribution is -2.63. The normalized spacial score (nSPS) is 21.5. The minimum absolute atomic E-state index is 0.00462. The van der Waals surface area contributed by atoms with Crippen LogP contribution in [0.3, 0.4) is 0 Å². The maximum Gasteiger partial charge on any atom is 0.255 e. The Kier molecular flexibility index (Phi) is 4.57. The number of nitrogens with one attached hydrogen (secondary N) is 1. The summed E-state index contributed by atoms with van der Waals surface area (Å²) in [6.45, 7) is 2.56. The van der Waals surface area contributed by atoms with Crippen LogP contribution in [0.1, 0.15) is 42.5 Å². The van der Waals surface area contributed by atoms with E-state index in [4.69, 9.17) is 11.6 Å². The van der Waals surface area contributed by atoms with Gasteiger partial charge < -0.3 is 10.2 Å². The van der Waals surface area contributed by atoms with Gasteiger partial charge in [0.1, 0.15) is 0 Å². The number of benzene rings is 1. The first-order valence-electron chi connectivity index (χ1n) is 7.60. The zero-order valence-corrected chi connectivity index (χ0v) is 14.3. The fraction of sp³-hybridized carbons (Fsp3) is 0.562. The van der Waals surface area contributed by atoms with Crippen LogP contribution in [0.4, 0.5) is 0 Å². The third-order valence-electron chi connectivity index (χ3n) is 4.73. The average Bonchev–Trinajstić information content (AvgIpc) is 2.50. The van der Waals surface area contributed by atoms with Crippen molar-refractivity contribution in [2.24, 2.45) is 0 Å². The maximum atomic E-state index is 13.1. The number of amides is 1. The standard InChI is InChI=1S/C16H20BrClN2O/c17-14-5-4-12(18)10-13(14)15(21)20-9-8-19-11-16(20)6-2-1-3-7-16/h4-5,10,19H,1-3,6-9,11H2. The fourth-order valence-electron chi connectivity index (χ4n) is 3.62. The zero-order valence-electron chi connectivity index (χ0n) is 12.0. The van der Waals surface area contributed by atoms with Crippen LogP contribution in [0, 0.1) is 0 Å². The van der Waals surface area contributed by atoms with E-state index in [1.807, 2.05) is 6.07 Å². The molecule has 3 rings (SSSR count). The smallest absolute Gasteiger partial charge is 0.255 e. The molecule has 2 fully saturated rings. The monoisotopic (exact) mass is 370 g/mol. The highest BCUT2D eigenvalue weighted by Crippen LogP contribution is 2.36. The van der Waals surface area contributed by atoms with Crippen LogP contribution in [0.25, 0.3) is 0 Å². The van der Waals surface area contributed by atoms with Gasteiger partial charge in [0.15, 0.2) is 0 Å². The van der Waals surface area contributed by atoms with Gasteiger partial charge in [-0.15, -0.1) is 0 Å². The molecule has 3 nitrogen and oxygen atoms in total. The lowest BCUT2D eigenvalue weighted by molar-refractivity contribution is 0.0222. The molecule has 0 radical (unpaired) electrons. The quantitative estimate of drug-likeness (QED) is 0.813. The molecule has 1 spiro atoms. The summed E-state index contributed by atoms with van der Waals surface area (Å²) in [6.07, 6.45) is 5.91. The summed E-state index contributed by atoms with van der Waals surface area (Å²) in [5.41, 5.74) is 0.671. The van der Waals surface area contributed by atoms with Crippen molar-refractivity contribution in [3.8, 4) is 0 Å². The summed E-state index contributed by atoms with van der Waals surface area (Å²) in [4.78, 5) is 15.2. The van der Waals surface area contributed by atoms with Crippen molar-refractivity contribution in [3.05, 3.63) is 33.3 Å². The molecule has 0 atom stereocenters. The number of piperazine rings is 1. The minimum Gasteiger partial charge on any atom is -0.330 e. The fourth-order valence-corrected chi connectivity index (χ4v) is 4.21. The summed E-state index contributed by atoms with van der Waals surface area (Å²) in [7, 11) is 0. The zero-order chi connectivity index (χ0) is 14.9. The first-order valence-corrected chi connectivity index (χ1v) is 8.77. The Morgan fingerprint density at radius 3 is 2.81 bits per heavy atom. The van der Waals surface area contributed by atoms with Crippen molar-refractivity contribution < 1.29 is 4.79 Å². The van der Waals surface area contributed by atoms with Gasteiger partial charge in [0, 0.05) is 29.1 Å². The van der Waals surface area contributed by atoms with Crippen LogP contribution < -0.4 is 5.32 Å². The van der Waals surface area contributed by atoms with Crippen molar-refractivity contribution in [2.45, 2.75) is 37.6 Å². The lowest BCUT2D eigenvalue weighted by Gasteiger charge is -2.50. The summed E-state index contributed by atoms with van der Waals surface area (Å²) >= 11 is 9.56. The molecule has 1 saturated carbocycles. The molecule has 114 valence electrons. The van der Waals surface area contributed by atoms with Gasteiger partial charge in [0.05, 0.1) is 11.1 Å². The number of hydrogen-bond acceptors (Lipinski definition) is 2. The van der Waals surface area contributed by atoms with Gasteiger partial charge in [-0.25, -0.2) is 0 Å². The Morgan fingerprint density at radius 2 is 2.05 bits per heavy atom. The van der Waals surface area contributed by atoms with Gasteiger partial charge >= 0.3 is 0 Å². The van der Waals surface area contributed by atoms with E-state index >= 15 is 0 Å². The van der Waals surface area contributed by atoms with Crippen LogP contribution in [-0.4, -0.2) is 36.0 Å². The SMILES string of the molecule is O=C(c1cc(Cl)ccc1Br)N1CCNCC12CCCCC2. The van der Waals surface area contributed by atoms with E-state index < -0.39 is 0 Å². The molecule has 1 saturated heterocycles. The van der Waals surface area contributed by atoms with E-state index in [-0.39, 0.29) is 11.4 Å². The third kappa shape index (κ3) is 2.99. The number of carbonyl (C=O) groups is 1. The molecule has 0 unspecified atom stereocenters. The second kappa shape index (κ2) is 6.27. The van der Waals surface area contributed by atoms with Gasteiger partial charge in [-0.1, -0.05) is 30.9 Å². The highest BCUT2D eigenvalue weighted by atomic mass is 79.9. The second-order valence-corrected chi connectivity index (χ2v) is 7.33. The number of nitrogens with zero attached hydrogens (tertiary/aromatic N) is 1. The molecule has 1 aliphatic heterocycles. The van der Waals surface area contributed by atoms with E-state index in [9.17, 15) is 4.79 Å². The molecule has 1 heterocycles. The van der Waals surface area contributed by atoms with E-state index in [0.717, 1.165) is 36.9 Å². The predicted molar refractivity (Wildman–Crippen MR) is 88.9 cm³/mol. The first kappa shape index (κ1) is 15.3. The summed E-state index contributed by atoms with van der Waals surface area (Å²) < 4.78 is 0.821. The topological polar surface area (TPSA) is 32.3 Å². The maximum absolute atomic E-state index is 13.1. The Balaban J connectivity index is 1.92. The van der Waals surface area contributed by atoms with Crippen molar-refractivity contribution in [3.63, 3.8) is 0 Å². The molecular weight excluding hydrogens is 352 g/mol. The molecule has 0 bridgehead atoms. The molecule has 1 amide bonds. The van der Waals surface area contributed by atoms with Gasteiger partial charge in [-0.2, -0.15) is 0 Å². The van der Waals surface area contributed by atoms with Gasteiger partial charge in [0.25, 0.3) is 5.91 Å². The molecule has 1 aromatic rings. The molecular formula is C16H20BrClN2O. The van der Waals surface area contributed by atoms with Crippen molar-refractivity contribution >= 4 is 33.4 Å². The van der Waals surface area contributed by atoms with Gasteiger partial charge in [-0.3, -0.25) is 4.79 Å². The molecule has 1 aliphatic carbocycles. The van der Waals surface area contributed by atoms with E-state index in [2.05, 4.69) is 26.1 Å². The van der Waals surface area contributed by atoms with Gasteiger partial charge in [-0.05, 0) is 47.0 Å². The van der Waals surface area contributed by atoms with Gasteiger partial charge in [0.2, 0.25) is 0 Å². The van der Waals surface area contributed by atoms with E-state index in [1.54, 1.807) is 12.1 Å². The van der Waals surface area contributed by atoms with Crippen LogP contribution in [0.15, 0.2) is 22.7 Å². The molecule has 0 aromatic heterocycles. The van der Waals surface area contributed by atoms with E-state index in [0.29, 0.717) is 10.6 Å². The van der Waals surface area contributed by atoms with E-state index in [1.165, 1.54) is 19.3 Å². The Bertz CT molecular complexity index is 535. The van der Waals surface area contributed by atoms with Crippen molar-refractivity contribution in [1.29, 1.82) is 0 Å². The van der Waals surface area contributed by atoms with Crippen LogP contribution in [0.2, 0.25) is 5.02 Å². The van der Waals surface area contributed by atoms with Crippen LogP contribution >= 0.6 is 27.5 Å². The van der Waals surface area contributed by atoms with Crippen molar-refractivity contribution in [1.82, 2.24) is 10.2 Å². The Labute approximate surface area is 139 Å². The summed E-state index contributed by atoms with van der Waals surface area (Å²) in [6, 6.07) is 5.42. The average molecular weight is 372 g/mol. The molecule has 2 aliphatic rings. The lowest BCUT2D eigenvalue weighted by atomic mass is 9.78. The predicted octanol–water partition coefficient (Wildman–Crippen LogP) is 3.85. The van der Waals surface area contributed by atoms with Crippen molar-refractivity contribution in [2.75, 3.05) is 19.6 Å². The van der Waals surface area contributed by atoms with Crippen LogP contribution in [-0.2, 0) is 0 Å². The summed E-state index contributed by atoms with van der Waals surface area (Å²) in [5.74, 6) is 0.104. The highest BCUT2D eigenvalue weighted by molar-refractivity contribution is 9.10. The summed E-state index contributed by atoms with van der Waals surface area (Å²) in [5, 5.41) is 4.08. The third-order valence-corrected chi connectivity index (χ3v) is 5.65. The second-order valence-electron chi connectivity index (χ2n) is 6.04. The molecule has 1 N–H and O–H groups in total. The number of halogens is 2. The first-order chi connectivity index (χ1) is 10.1. The Morgan fingerprint density at radius 1 is 1.29 bits per heavy atom. The molecule has 5 heteroatoms.